The Hall–Kier alpha value is -2.33. The molecule has 10 heteroatoms. The van der Waals surface area contributed by atoms with Crippen LogP contribution in [-0.2, 0) is 11.3 Å². The van der Waals surface area contributed by atoms with Gasteiger partial charge in [-0.1, -0.05) is 0 Å². The number of benzene rings is 1. The van der Waals surface area contributed by atoms with Gasteiger partial charge in [0.05, 0.1) is 18.6 Å². The van der Waals surface area contributed by atoms with Gasteiger partial charge in [0, 0.05) is 43.9 Å². The van der Waals surface area contributed by atoms with Crippen LogP contribution in [0.25, 0.3) is 11.0 Å². The zero-order valence-corrected chi connectivity index (χ0v) is 16.8. The number of amides is 1. The van der Waals surface area contributed by atoms with E-state index in [1.165, 1.54) is 6.07 Å². The van der Waals surface area contributed by atoms with E-state index in [-0.39, 0.29) is 22.7 Å². The summed E-state index contributed by atoms with van der Waals surface area (Å²) in [5.74, 6) is -0.412. The van der Waals surface area contributed by atoms with Gasteiger partial charge < -0.3 is 15.0 Å². The number of carbonyl (C=O) groups excluding carboxylic acids is 1. The Morgan fingerprint density at radius 3 is 2.52 bits per heavy atom. The summed E-state index contributed by atoms with van der Waals surface area (Å²) in [7, 11) is 0. The lowest BCUT2D eigenvalue weighted by Gasteiger charge is -2.34. The van der Waals surface area contributed by atoms with E-state index >= 15 is 0 Å². The average Bonchev–Trinajstić information content (AvgIpc) is 2.97. The second kappa shape index (κ2) is 8.58. The normalized spacial score (nSPS) is 16.5. The van der Waals surface area contributed by atoms with Gasteiger partial charge in [-0.25, -0.2) is 9.37 Å². The fourth-order valence-corrected chi connectivity index (χ4v) is 3.33. The van der Waals surface area contributed by atoms with Gasteiger partial charge in [0.15, 0.2) is 5.82 Å². The average molecular weight is 413 g/mol. The first kappa shape index (κ1) is 21.4. The number of ether oxygens (including phenoxy) is 1. The van der Waals surface area contributed by atoms with Crippen molar-refractivity contribution in [2.24, 2.45) is 0 Å². The number of H-pyrrole nitrogens is 1. The van der Waals surface area contributed by atoms with E-state index in [1.54, 1.807) is 0 Å². The van der Waals surface area contributed by atoms with E-state index in [0.29, 0.717) is 24.4 Å². The highest BCUT2D eigenvalue weighted by Crippen LogP contribution is 2.24. The van der Waals surface area contributed by atoms with Crippen molar-refractivity contribution in [3.8, 4) is 5.75 Å². The van der Waals surface area contributed by atoms with Crippen LogP contribution < -0.4 is 10.1 Å². The van der Waals surface area contributed by atoms with E-state index in [0.717, 1.165) is 32.2 Å². The summed E-state index contributed by atoms with van der Waals surface area (Å²) in [6.45, 7) is 6.59. The number of aromatic amines is 1. The third-order valence-electron chi connectivity index (χ3n) is 4.51. The van der Waals surface area contributed by atoms with Gasteiger partial charge in [-0.05, 0) is 20.8 Å². The van der Waals surface area contributed by atoms with E-state index < -0.39 is 12.4 Å². The van der Waals surface area contributed by atoms with Crippen LogP contribution in [0, 0.1) is 5.82 Å². The maximum atomic E-state index is 14.1. The largest absolute Gasteiger partial charge is 0.435 e. The minimum atomic E-state index is -3.02. The number of hydrogen-bond acceptors (Lipinski definition) is 5. The minimum absolute atomic E-state index is 0.000491. The Labute approximate surface area is 167 Å². The Kier molecular flexibility index (Phi) is 6.33. The number of alkyl halides is 2. The number of imidazole rings is 1. The summed E-state index contributed by atoms with van der Waals surface area (Å²) >= 11 is 0. The summed E-state index contributed by atoms with van der Waals surface area (Å²) in [4.78, 5) is 23.5. The Morgan fingerprint density at radius 1 is 1.24 bits per heavy atom. The molecule has 1 aromatic heterocycles. The van der Waals surface area contributed by atoms with Gasteiger partial charge in [-0.15, -0.1) is 0 Å². The van der Waals surface area contributed by atoms with E-state index in [9.17, 15) is 18.0 Å². The van der Waals surface area contributed by atoms with Crippen LogP contribution in [0.4, 0.5) is 13.2 Å². The smallest absolute Gasteiger partial charge is 0.387 e. The number of halogens is 3. The van der Waals surface area contributed by atoms with Crippen molar-refractivity contribution in [2.75, 3.05) is 32.7 Å². The highest BCUT2D eigenvalue weighted by molar-refractivity contribution is 5.79. The van der Waals surface area contributed by atoms with Gasteiger partial charge in [0.1, 0.15) is 17.1 Å². The molecule has 160 valence electrons. The molecule has 0 atom stereocenters. The molecule has 1 aliphatic heterocycles. The molecule has 0 spiro atoms. The Morgan fingerprint density at radius 2 is 1.90 bits per heavy atom. The van der Waals surface area contributed by atoms with Crippen LogP contribution in [0.1, 0.15) is 26.6 Å². The van der Waals surface area contributed by atoms with Crippen LogP contribution in [0.15, 0.2) is 12.1 Å². The quantitative estimate of drug-likeness (QED) is 0.761. The number of aromatic nitrogens is 2. The maximum Gasteiger partial charge on any atom is 0.387 e. The van der Waals surface area contributed by atoms with E-state index in [4.69, 9.17) is 0 Å². The lowest BCUT2D eigenvalue weighted by molar-refractivity contribution is -0.124. The van der Waals surface area contributed by atoms with Crippen molar-refractivity contribution in [1.29, 1.82) is 0 Å². The molecule has 0 unspecified atom stereocenters. The molecule has 29 heavy (non-hydrogen) atoms. The van der Waals surface area contributed by atoms with Crippen molar-refractivity contribution >= 4 is 16.9 Å². The highest BCUT2D eigenvalue weighted by atomic mass is 19.3. The van der Waals surface area contributed by atoms with Crippen LogP contribution in [0.3, 0.4) is 0 Å². The van der Waals surface area contributed by atoms with Gasteiger partial charge in [-0.2, -0.15) is 8.78 Å². The fourth-order valence-electron chi connectivity index (χ4n) is 3.33. The molecule has 1 aliphatic rings. The molecule has 2 heterocycles. The van der Waals surface area contributed by atoms with Gasteiger partial charge >= 0.3 is 6.61 Å². The predicted octanol–water partition coefficient (Wildman–Crippen LogP) is 2.34. The molecule has 0 saturated carbocycles. The Balaban J connectivity index is 1.55. The molecule has 2 aromatic rings. The molecule has 0 aliphatic carbocycles. The first-order valence-electron chi connectivity index (χ1n) is 9.48. The molecule has 1 aromatic carbocycles. The van der Waals surface area contributed by atoms with Crippen molar-refractivity contribution in [2.45, 2.75) is 39.5 Å². The number of piperazine rings is 1. The minimum Gasteiger partial charge on any atom is -0.435 e. The van der Waals surface area contributed by atoms with Crippen LogP contribution in [-0.4, -0.2) is 70.5 Å². The van der Waals surface area contributed by atoms with Crippen molar-refractivity contribution in [3.63, 3.8) is 0 Å². The highest BCUT2D eigenvalue weighted by Gasteiger charge is 2.22. The maximum absolute atomic E-state index is 14.1. The molecule has 1 saturated heterocycles. The third-order valence-corrected chi connectivity index (χ3v) is 4.51. The molecule has 0 bridgehead atoms. The number of rotatable bonds is 6. The molecule has 1 amide bonds. The topological polar surface area (TPSA) is 73.5 Å². The monoisotopic (exact) mass is 413 g/mol. The molecular formula is C19H26F3N5O2. The SMILES string of the molecule is CC(C)(C)NC(=O)CN1CCN(Cc2nc3c(F)cc(OC(F)F)cc3[nH]2)CC1. The lowest BCUT2D eigenvalue weighted by Crippen LogP contribution is -2.51. The number of nitrogens with zero attached hydrogens (tertiary/aromatic N) is 3. The molecular weight excluding hydrogens is 387 g/mol. The zero-order valence-electron chi connectivity index (χ0n) is 16.8. The Bertz CT molecular complexity index is 857. The molecule has 3 rings (SSSR count). The summed E-state index contributed by atoms with van der Waals surface area (Å²) < 4.78 is 43.1. The molecule has 1 fully saturated rings. The number of hydrogen-bond donors (Lipinski definition) is 2. The number of fused-ring (bicyclic) bond motifs is 1. The lowest BCUT2D eigenvalue weighted by atomic mass is 10.1. The summed E-state index contributed by atoms with van der Waals surface area (Å²) in [5.41, 5.74) is 0.155. The zero-order chi connectivity index (χ0) is 21.2. The van der Waals surface area contributed by atoms with Crippen LogP contribution >= 0.6 is 0 Å². The predicted molar refractivity (Wildman–Crippen MR) is 102 cm³/mol. The van der Waals surface area contributed by atoms with Gasteiger partial charge in [-0.3, -0.25) is 14.6 Å². The standard InChI is InChI=1S/C19H26F3N5O2/c1-19(2,3)25-16(28)11-27-6-4-26(5-7-27)10-15-23-14-9-12(29-18(21)22)8-13(20)17(14)24-15/h8-9,18H,4-7,10-11H2,1-3H3,(H,23,24)(H,25,28). The third kappa shape index (κ3) is 6.07. The van der Waals surface area contributed by atoms with Gasteiger partial charge in [0.2, 0.25) is 5.91 Å². The summed E-state index contributed by atoms with van der Waals surface area (Å²) in [6.07, 6.45) is 0. The number of nitrogens with one attached hydrogen (secondary N) is 2. The van der Waals surface area contributed by atoms with Gasteiger partial charge in [0.25, 0.3) is 0 Å². The van der Waals surface area contributed by atoms with Crippen molar-refractivity contribution in [1.82, 2.24) is 25.1 Å². The van der Waals surface area contributed by atoms with E-state index in [2.05, 4.69) is 29.8 Å². The first-order chi connectivity index (χ1) is 13.6. The molecule has 7 nitrogen and oxygen atoms in total. The van der Waals surface area contributed by atoms with Crippen LogP contribution in [0.2, 0.25) is 0 Å². The second-order valence-corrected chi connectivity index (χ2v) is 8.21. The number of carbonyl (C=O) groups is 1. The summed E-state index contributed by atoms with van der Waals surface area (Å²) in [5, 5.41) is 2.95. The molecule has 0 radical (unpaired) electrons. The van der Waals surface area contributed by atoms with Crippen molar-refractivity contribution in [3.05, 3.63) is 23.8 Å². The van der Waals surface area contributed by atoms with Crippen LogP contribution in [0.5, 0.6) is 5.75 Å². The van der Waals surface area contributed by atoms with Crippen molar-refractivity contribution < 1.29 is 22.7 Å². The first-order valence-corrected chi connectivity index (χ1v) is 9.48. The molecule has 2 N–H and O–H groups in total. The fraction of sp³-hybridized carbons (Fsp3) is 0.579. The summed E-state index contributed by atoms with van der Waals surface area (Å²) in [6, 6.07) is 2.22. The second-order valence-electron chi connectivity index (χ2n) is 8.21. The van der Waals surface area contributed by atoms with E-state index in [1.807, 2.05) is 20.8 Å².